The summed E-state index contributed by atoms with van der Waals surface area (Å²) in [5.41, 5.74) is 0.857. The highest BCUT2D eigenvalue weighted by molar-refractivity contribution is 5.90. The van der Waals surface area contributed by atoms with Crippen molar-refractivity contribution in [1.29, 1.82) is 0 Å². The SMILES string of the molecule is CCC1NC(=O)CC(C)N(Cc2ccc(F)cc2)C1=O. The fourth-order valence-electron chi connectivity index (χ4n) is 2.41. The van der Waals surface area contributed by atoms with Crippen molar-refractivity contribution in [3.8, 4) is 0 Å². The van der Waals surface area contributed by atoms with E-state index in [-0.39, 0.29) is 23.7 Å². The van der Waals surface area contributed by atoms with Crippen molar-refractivity contribution in [2.24, 2.45) is 0 Å². The first-order valence-corrected chi connectivity index (χ1v) is 6.85. The van der Waals surface area contributed by atoms with E-state index in [1.165, 1.54) is 12.1 Å². The Kier molecular flexibility index (Phi) is 4.37. The number of halogens is 1. The van der Waals surface area contributed by atoms with Crippen LogP contribution in [0.15, 0.2) is 24.3 Å². The molecule has 5 heteroatoms. The lowest BCUT2D eigenvalue weighted by Gasteiger charge is -2.28. The summed E-state index contributed by atoms with van der Waals surface area (Å²) < 4.78 is 12.9. The fourth-order valence-corrected chi connectivity index (χ4v) is 2.41. The van der Waals surface area contributed by atoms with Crippen LogP contribution in [0.3, 0.4) is 0 Å². The Labute approximate surface area is 118 Å². The van der Waals surface area contributed by atoms with Crippen molar-refractivity contribution in [3.63, 3.8) is 0 Å². The van der Waals surface area contributed by atoms with E-state index >= 15 is 0 Å². The number of amides is 2. The number of benzene rings is 1. The molecule has 0 saturated carbocycles. The highest BCUT2D eigenvalue weighted by Crippen LogP contribution is 2.17. The molecular formula is C15H19FN2O2. The quantitative estimate of drug-likeness (QED) is 0.917. The van der Waals surface area contributed by atoms with E-state index in [2.05, 4.69) is 5.32 Å². The first-order chi connectivity index (χ1) is 9.51. The van der Waals surface area contributed by atoms with E-state index in [0.717, 1.165) is 5.56 Å². The van der Waals surface area contributed by atoms with Crippen molar-refractivity contribution in [1.82, 2.24) is 10.2 Å². The van der Waals surface area contributed by atoms with Gasteiger partial charge in [0.1, 0.15) is 11.9 Å². The third kappa shape index (κ3) is 3.15. The number of nitrogens with zero attached hydrogens (tertiary/aromatic N) is 1. The van der Waals surface area contributed by atoms with Gasteiger partial charge in [-0.15, -0.1) is 0 Å². The Morgan fingerprint density at radius 3 is 2.55 bits per heavy atom. The largest absolute Gasteiger partial charge is 0.344 e. The number of rotatable bonds is 3. The van der Waals surface area contributed by atoms with Gasteiger partial charge in [-0.3, -0.25) is 9.59 Å². The van der Waals surface area contributed by atoms with Crippen molar-refractivity contribution in [2.45, 2.75) is 45.3 Å². The minimum atomic E-state index is -0.465. The molecule has 2 amide bonds. The molecule has 0 aliphatic carbocycles. The lowest BCUT2D eigenvalue weighted by atomic mass is 10.1. The number of carbonyl (C=O) groups excluding carboxylic acids is 2. The molecule has 0 spiro atoms. The summed E-state index contributed by atoms with van der Waals surface area (Å²) >= 11 is 0. The van der Waals surface area contributed by atoms with E-state index < -0.39 is 6.04 Å². The molecule has 4 nitrogen and oxygen atoms in total. The minimum absolute atomic E-state index is 0.0739. The Bertz CT molecular complexity index is 501. The van der Waals surface area contributed by atoms with Gasteiger partial charge in [0.05, 0.1) is 0 Å². The van der Waals surface area contributed by atoms with Gasteiger partial charge in [0, 0.05) is 19.0 Å². The highest BCUT2D eigenvalue weighted by atomic mass is 19.1. The van der Waals surface area contributed by atoms with Crippen LogP contribution in [0, 0.1) is 5.82 Å². The second kappa shape index (κ2) is 6.03. The summed E-state index contributed by atoms with van der Waals surface area (Å²) in [4.78, 5) is 25.8. The molecule has 1 N–H and O–H groups in total. The maximum absolute atomic E-state index is 12.9. The van der Waals surface area contributed by atoms with E-state index in [0.29, 0.717) is 19.4 Å². The maximum Gasteiger partial charge on any atom is 0.245 e. The summed E-state index contributed by atoms with van der Waals surface area (Å²) in [5, 5.41) is 2.74. The molecule has 1 heterocycles. The molecule has 2 unspecified atom stereocenters. The van der Waals surface area contributed by atoms with Crippen molar-refractivity contribution in [3.05, 3.63) is 35.6 Å². The zero-order valence-electron chi connectivity index (χ0n) is 11.7. The molecule has 2 atom stereocenters. The van der Waals surface area contributed by atoms with Gasteiger partial charge in [0.15, 0.2) is 0 Å². The third-order valence-corrected chi connectivity index (χ3v) is 3.60. The topological polar surface area (TPSA) is 49.4 Å². The van der Waals surface area contributed by atoms with E-state index in [9.17, 15) is 14.0 Å². The summed E-state index contributed by atoms with van der Waals surface area (Å²) in [6.45, 7) is 4.12. The minimum Gasteiger partial charge on any atom is -0.344 e. The number of nitrogens with one attached hydrogen (secondary N) is 1. The van der Waals surface area contributed by atoms with Crippen LogP contribution < -0.4 is 5.32 Å². The van der Waals surface area contributed by atoms with Crippen LogP contribution in [0.2, 0.25) is 0 Å². The second-order valence-electron chi connectivity index (χ2n) is 5.17. The highest BCUT2D eigenvalue weighted by Gasteiger charge is 2.32. The molecule has 0 bridgehead atoms. The molecule has 1 aromatic carbocycles. The van der Waals surface area contributed by atoms with Gasteiger partial charge < -0.3 is 10.2 Å². The fraction of sp³-hybridized carbons (Fsp3) is 0.467. The molecule has 2 rings (SSSR count). The van der Waals surface area contributed by atoms with Crippen LogP contribution in [0.1, 0.15) is 32.3 Å². The molecule has 108 valence electrons. The predicted molar refractivity (Wildman–Crippen MR) is 73.3 cm³/mol. The van der Waals surface area contributed by atoms with Gasteiger partial charge in [-0.05, 0) is 31.0 Å². The van der Waals surface area contributed by atoms with Crippen molar-refractivity contribution in [2.75, 3.05) is 0 Å². The maximum atomic E-state index is 12.9. The van der Waals surface area contributed by atoms with Gasteiger partial charge in [-0.25, -0.2) is 4.39 Å². The van der Waals surface area contributed by atoms with E-state index in [1.807, 2.05) is 13.8 Å². The standard InChI is InChI=1S/C15H19FN2O2/c1-3-13-15(20)18(10(2)8-14(19)17-13)9-11-4-6-12(16)7-5-11/h4-7,10,13H,3,8-9H2,1-2H3,(H,17,19). The zero-order chi connectivity index (χ0) is 14.7. The normalized spacial score (nSPS) is 23.4. The van der Waals surface area contributed by atoms with E-state index in [4.69, 9.17) is 0 Å². The summed E-state index contributed by atoms with van der Waals surface area (Å²) in [5.74, 6) is -0.471. The number of carbonyl (C=O) groups is 2. The Morgan fingerprint density at radius 2 is 1.95 bits per heavy atom. The molecule has 20 heavy (non-hydrogen) atoms. The first kappa shape index (κ1) is 14.5. The van der Waals surface area contributed by atoms with Crippen molar-refractivity contribution >= 4 is 11.8 Å². The first-order valence-electron chi connectivity index (χ1n) is 6.85. The van der Waals surface area contributed by atoms with E-state index in [1.54, 1.807) is 17.0 Å². The van der Waals surface area contributed by atoms with Gasteiger partial charge in [0.25, 0.3) is 0 Å². The molecule has 1 aliphatic rings. The summed E-state index contributed by atoms with van der Waals surface area (Å²) in [6.07, 6.45) is 0.862. The number of hydrogen-bond acceptors (Lipinski definition) is 2. The van der Waals surface area contributed by atoms with Crippen LogP contribution in [0.25, 0.3) is 0 Å². The Morgan fingerprint density at radius 1 is 1.30 bits per heavy atom. The van der Waals surface area contributed by atoms with Crippen molar-refractivity contribution < 1.29 is 14.0 Å². The average molecular weight is 278 g/mol. The lowest BCUT2D eigenvalue weighted by Crippen LogP contribution is -2.45. The van der Waals surface area contributed by atoms with Crippen LogP contribution in [0.5, 0.6) is 0 Å². The predicted octanol–water partition coefficient (Wildman–Crippen LogP) is 1.84. The van der Waals surface area contributed by atoms with Crippen LogP contribution >= 0.6 is 0 Å². The molecule has 1 saturated heterocycles. The molecule has 1 aliphatic heterocycles. The molecule has 1 fully saturated rings. The van der Waals surface area contributed by atoms with Gasteiger partial charge >= 0.3 is 0 Å². The monoisotopic (exact) mass is 278 g/mol. The van der Waals surface area contributed by atoms with Crippen LogP contribution in [-0.4, -0.2) is 28.8 Å². The average Bonchev–Trinajstić information content (AvgIpc) is 2.52. The van der Waals surface area contributed by atoms with Gasteiger partial charge in [-0.1, -0.05) is 19.1 Å². The number of hydrogen-bond donors (Lipinski definition) is 1. The smallest absolute Gasteiger partial charge is 0.245 e. The van der Waals surface area contributed by atoms with Crippen LogP contribution in [-0.2, 0) is 16.1 Å². The summed E-state index contributed by atoms with van der Waals surface area (Å²) in [6, 6.07) is 5.45. The molecule has 1 aromatic rings. The third-order valence-electron chi connectivity index (χ3n) is 3.60. The summed E-state index contributed by atoms with van der Waals surface area (Å²) in [7, 11) is 0. The molecular weight excluding hydrogens is 259 g/mol. The molecule has 0 aromatic heterocycles. The Balaban J connectivity index is 2.20. The second-order valence-corrected chi connectivity index (χ2v) is 5.17. The lowest BCUT2D eigenvalue weighted by molar-refractivity contribution is -0.135. The van der Waals surface area contributed by atoms with Crippen LogP contribution in [0.4, 0.5) is 4.39 Å². The molecule has 0 radical (unpaired) electrons. The van der Waals surface area contributed by atoms with Gasteiger partial charge in [0.2, 0.25) is 11.8 Å². The Hall–Kier alpha value is -1.91. The zero-order valence-corrected chi connectivity index (χ0v) is 11.7. The van der Waals surface area contributed by atoms with Gasteiger partial charge in [-0.2, -0.15) is 0 Å².